The Bertz CT molecular complexity index is 114. The van der Waals surface area contributed by atoms with Gasteiger partial charge in [0.1, 0.15) is 0 Å². The molecule has 0 heterocycles. The van der Waals surface area contributed by atoms with Crippen molar-refractivity contribution in [3.05, 3.63) is 24.8 Å². The van der Waals surface area contributed by atoms with Crippen LogP contribution in [0.25, 0.3) is 0 Å². The molecule has 0 aliphatic carbocycles. The Labute approximate surface area is 48.5 Å². The zero-order valence-electron chi connectivity index (χ0n) is 4.76. The maximum Gasteiger partial charge on any atom is 0.330 e. The molecule has 0 aliphatic rings. The molecule has 8 heavy (non-hydrogen) atoms. The van der Waals surface area contributed by atoms with E-state index in [-0.39, 0.29) is 5.97 Å². The monoisotopic (exact) mass is 112 g/mol. The van der Waals surface area contributed by atoms with Gasteiger partial charge in [0.05, 0.1) is 7.11 Å². The summed E-state index contributed by atoms with van der Waals surface area (Å²) in [5.41, 5.74) is 0. The minimum Gasteiger partial charge on any atom is -0.466 e. The number of carbonyl (C=O) groups is 1. The van der Waals surface area contributed by atoms with Crippen LogP contribution < -0.4 is 0 Å². The van der Waals surface area contributed by atoms with Gasteiger partial charge < -0.3 is 4.74 Å². The van der Waals surface area contributed by atoms with Crippen LogP contribution in [0.3, 0.4) is 0 Å². The van der Waals surface area contributed by atoms with Crippen molar-refractivity contribution in [1.29, 1.82) is 0 Å². The summed E-state index contributed by atoms with van der Waals surface area (Å²) in [6.07, 6.45) is 4.33. The second-order valence-corrected chi connectivity index (χ2v) is 1.12. The molecule has 0 aliphatic heterocycles. The Hall–Kier alpha value is -1.05. The lowest BCUT2D eigenvalue weighted by atomic mass is 10.5. The zero-order valence-corrected chi connectivity index (χ0v) is 4.76. The number of allylic oxidation sites excluding steroid dienone is 2. The van der Waals surface area contributed by atoms with E-state index >= 15 is 0 Å². The Morgan fingerprint density at radius 1 is 1.75 bits per heavy atom. The van der Waals surface area contributed by atoms with Crippen molar-refractivity contribution in [3.63, 3.8) is 0 Å². The van der Waals surface area contributed by atoms with Crippen molar-refractivity contribution >= 4 is 5.97 Å². The van der Waals surface area contributed by atoms with Gasteiger partial charge in [-0.15, -0.1) is 0 Å². The number of rotatable bonds is 2. The standard InChI is InChI=1S/C6H8O2/c1-3-4-5-6(7)8-2/h3-5H,1H2,2H3/b5-4+. The van der Waals surface area contributed by atoms with Crippen LogP contribution in [0.2, 0.25) is 0 Å². The molecule has 0 aromatic carbocycles. The molecule has 0 fully saturated rings. The van der Waals surface area contributed by atoms with Gasteiger partial charge in [-0.25, -0.2) is 4.79 Å². The van der Waals surface area contributed by atoms with Crippen LogP contribution in [0.5, 0.6) is 0 Å². The number of hydrogen-bond acceptors (Lipinski definition) is 2. The molecular formula is C6H8O2. The van der Waals surface area contributed by atoms with Crippen LogP contribution in [0.15, 0.2) is 24.8 Å². The molecule has 0 amide bonds. The highest BCUT2D eigenvalue weighted by molar-refractivity contribution is 5.81. The van der Waals surface area contributed by atoms with E-state index in [1.807, 2.05) is 0 Å². The van der Waals surface area contributed by atoms with Gasteiger partial charge in [-0.2, -0.15) is 0 Å². The molecule has 0 radical (unpaired) electrons. The molecule has 2 nitrogen and oxygen atoms in total. The number of esters is 1. The predicted octanol–water partition coefficient (Wildman–Crippen LogP) is 0.902. The smallest absolute Gasteiger partial charge is 0.330 e. The molecule has 0 saturated carbocycles. The largest absolute Gasteiger partial charge is 0.466 e. The van der Waals surface area contributed by atoms with Gasteiger partial charge in [-0.05, 0) is 0 Å². The fourth-order valence-electron chi connectivity index (χ4n) is 0.215. The van der Waals surface area contributed by atoms with Gasteiger partial charge in [-0.1, -0.05) is 18.7 Å². The Morgan fingerprint density at radius 2 is 2.38 bits per heavy atom. The average molecular weight is 112 g/mol. The zero-order chi connectivity index (χ0) is 6.41. The van der Waals surface area contributed by atoms with Gasteiger partial charge in [0, 0.05) is 6.08 Å². The summed E-state index contributed by atoms with van der Waals surface area (Å²) in [5, 5.41) is 0. The lowest BCUT2D eigenvalue weighted by Gasteiger charge is -1.85. The van der Waals surface area contributed by atoms with Gasteiger partial charge in [-0.3, -0.25) is 0 Å². The Morgan fingerprint density at radius 3 is 2.75 bits per heavy atom. The van der Waals surface area contributed by atoms with Crippen molar-refractivity contribution in [2.45, 2.75) is 0 Å². The van der Waals surface area contributed by atoms with Crippen molar-refractivity contribution < 1.29 is 9.53 Å². The molecule has 0 atom stereocenters. The third kappa shape index (κ3) is 3.15. The lowest BCUT2D eigenvalue weighted by Crippen LogP contribution is -1.92. The molecular weight excluding hydrogens is 104 g/mol. The SMILES string of the molecule is C=C/C=C/C(=O)OC. The molecule has 0 bridgehead atoms. The van der Waals surface area contributed by atoms with E-state index in [0.717, 1.165) is 0 Å². The first-order chi connectivity index (χ1) is 3.81. The maximum atomic E-state index is 10.2. The summed E-state index contributed by atoms with van der Waals surface area (Å²) in [6.45, 7) is 3.37. The first kappa shape index (κ1) is 6.95. The van der Waals surface area contributed by atoms with Crippen LogP contribution in [0, 0.1) is 0 Å². The van der Waals surface area contributed by atoms with Gasteiger partial charge in [0.2, 0.25) is 0 Å². The van der Waals surface area contributed by atoms with Crippen LogP contribution in [0.1, 0.15) is 0 Å². The fraction of sp³-hybridized carbons (Fsp3) is 0.167. The van der Waals surface area contributed by atoms with E-state index in [2.05, 4.69) is 11.3 Å². The number of hydrogen-bond donors (Lipinski definition) is 0. The van der Waals surface area contributed by atoms with Crippen LogP contribution >= 0.6 is 0 Å². The number of methoxy groups -OCH3 is 1. The Kier molecular flexibility index (Phi) is 3.58. The summed E-state index contributed by atoms with van der Waals surface area (Å²) in [5.74, 6) is -0.357. The third-order valence-corrected chi connectivity index (χ3v) is 0.570. The first-order valence-electron chi connectivity index (χ1n) is 2.18. The molecule has 44 valence electrons. The van der Waals surface area contributed by atoms with Crippen molar-refractivity contribution in [1.82, 2.24) is 0 Å². The maximum absolute atomic E-state index is 10.2. The average Bonchev–Trinajstić information content (AvgIpc) is 1.83. The van der Waals surface area contributed by atoms with Gasteiger partial charge in [0.15, 0.2) is 0 Å². The van der Waals surface area contributed by atoms with Gasteiger partial charge >= 0.3 is 5.97 Å². The number of ether oxygens (including phenoxy) is 1. The highest BCUT2D eigenvalue weighted by Gasteiger charge is 1.85. The molecule has 0 unspecified atom stereocenters. The van der Waals surface area contributed by atoms with E-state index in [1.165, 1.54) is 25.3 Å². The molecule has 0 aromatic heterocycles. The van der Waals surface area contributed by atoms with E-state index in [0.29, 0.717) is 0 Å². The van der Waals surface area contributed by atoms with Crippen LogP contribution in [-0.2, 0) is 9.53 Å². The summed E-state index contributed by atoms with van der Waals surface area (Å²) in [7, 11) is 1.33. The third-order valence-electron chi connectivity index (χ3n) is 0.570. The molecule has 0 aromatic rings. The first-order valence-corrected chi connectivity index (χ1v) is 2.18. The van der Waals surface area contributed by atoms with E-state index in [1.54, 1.807) is 0 Å². The summed E-state index contributed by atoms with van der Waals surface area (Å²) >= 11 is 0. The molecule has 2 heteroatoms. The predicted molar refractivity (Wildman–Crippen MR) is 31.4 cm³/mol. The molecule has 0 rings (SSSR count). The highest BCUT2D eigenvalue weighted by atomic mass is 16.5. The normalized spacial score (nSPS) is 9.12. The second kappa shape index (κ2) is 4.12. The van der Waals surface area contributed by atoms with E-state index in [4.69, 9.17) is 0 Å². The van der Waals surface area contributed by atoms with Crippen LogP contribution in [0.4, 0.5) is 0 Å². The van der Waals surface area contributed by atoms with Crippen molar-refractivity contribution in [2.24, 2.45) is 0 Å². The lowest BCUT2D eigenvalue weighted by molar-refractivity contribution is -0.134. The Balaban J connectivity index is 3.52. The molecule has 0 saturated heterocycles. The van der Waals surface area contributed by atoms with E-state index < -0.39 is 0 Å². The topological polar surface area (TPSA) is 26.3 Å². The summed E-state index contributed by atoms with van der Waals surface area (Å²) in [4.78, 5) is 10.2. The van der Waals surface area contributed by atoms with Crippen LogP contribution in [-0.4, -0.2) is 13.1 Å². The van der Waals surface area contributed by atoms with Crippen molar-refractivity contribution in [2.75, 3.05) is 7.11 Å². The highest BCUT2D eigenvalue weighted by Crippen LogP contribution is 1.76. The molecule has 0 N–H and O–H groups in total. The van der Waals surface area contributed by atoms with Crippen molar-refractivity contribution in [3.8, 4) is 0 Å². The quantitative estimate of drug-likeness (QED) is 0.301. The number of carbonyl (C=O) groups excluding carboxylic acids is 1. The van der Waals surface area contributed by atoms with E-state index in [9.17, 15) is 4.79 Å². The minimum absolute atomic E-state index is 0.357. The fourth-order valence-corrected chi connectivity index (χ4v) is 0.215. The molecule has 0 spiro atoms. The summed E-state index contributed by atoms with van der Waals surface area (Å²) < 4.78 is 4.28. The summed E-state index contributed by atoms with van der Waals surface area (Å²) in [6, 6.07) is 0. The van der Waals surface area contributed by atoms with Gasteiger partial charge in [0.25, 0.3) is 0 Å². The minimum atomic E-state index is -0.357. The second-order valence-electron chi connectivity index (χ2n) is 1.12.